The highest BCUT2D eigenvalue weighted by Crippen LogP contribution is 2.22. The third-order valence-corrected chi connectivity index (χ3v) is 1.72. The van der Waals surface area contributed by atoms with Crippen LogP contribution in [0, 0.1) is 0 Å². The summed E-state index contributed by atoms with van der Waals surface area (Å²) in [6.07, 6.45) is -0.884. The molecule has 0 radical (unpaired) electrons. The number of hydrogen-bond acceptors (Lipinski definition) is 1. The van der Waals surface area contributed by atoms with Gasteiger partial charge >= 0.3 is 0 Å². The maximum absolute atomic E-state index is 12.2. The van der Waals surface area contributed by atoms with Gasteiger partial charge in [-0.05, 0) is 12.1 Å². The van der Waals surface area contributed by atoms with Crippen LogP contribution in [0.25, 0.3) is 10.9 Å². The van der Waals surface area contributed by atoms with E-state index in [0.717, 1.165) is 5.52 Å². The molecule has 0 saturated heterocycles. The Labute approximate surface area is 67.2 Å². The van der Waals surface area contributed by atoms with Crippen LogP contribution in [0.3, 0.4) is 0 Å². The van der Waals surface area contributed by atoms with E-state index in [0.29, 0.717) is 5.39 Å². The third-order valence-electron chi connectivity index (χ3n) is 1.72. The molecule has 0 spiro atoms. The summed E-state index contributed by atoms with van der Waals surface area (Å²) in [6, 6.07) is 4.43. The Hall–Kier alpha value is -1.45. The summed E-state index contributed by atoms with van der Waals surface area (Å²) in [5.41, 5.74) is 0.809. The number of halogens is 2. The van der Waals surface area contributed by atoms with Crippen molar-refractivity contribution in [2.75, 3.05) is 0 Å². The molecule has 12 heavy (non-hydrogen) atoms. The Morgan fingerprint density at radius 2 is 2.17 bits per heavy atom. The molecular formula is C8H6F2N2. The van der Waals surface area contributed by atoms with E-state index >= 15 is 0 Å². The lowest BCUT2D eigenvalue weighted by Gasteiger charge is -1.97. The van der Waals surface area contributed by atoms with Crippen LogP contribution >= 0.6 is 0 Å². The van der Waals surface area contributed by atoms with Crippen molar-refractivity contribution in [3.8, 4) is 0 Å². The average molecular weight is 168 g/mol. The van der Waals surface area contributed by atoms with Gasteiger partial charge in [0.25, 0.3) is 6.43 Å². The Balaban J connectivity index is 2.60. The fourth-order valence-corrected chi connectivity index (χ4v) is 1.10. The first-order chi connectivity index (χ1) is 5.77. The van der Waals surface area contributed by atoms with Gasteiger partial charge in [-0.3, -0.25) is 5.10 Å². The first-order valence-electron chi connectivity index (χ1n) is 3.48. The van der Waals surface area contributed by atoms with Crippen molar-refractivity contribution in [3.05, 3.63) is 30.0 Å². The molecule has 0 aliphatic carbocycles. The van der Waals surface area contributed by atoms with Crippen molar-refractivity contribution >= 4 is 10.9 Å². The molecule has 1 heterocycles. The molecule has 62 valence electrons. The van der Waals surface area contributed by atoms with Gasteiger partial charge in [0, 0.05) is 10.9 Å². The van der Waals surface area contributed by atoms with Crippen molar-refractivity contribution in [1.29, 1.82) is 0 Å². The molecule has 1 aromatic heterocycles. The normalized spacial score (nSPS) is 11.2. The monoisotopic (exact) mass is 168 g/mol. The SMILES string of the molecule is FC(F)c1ccc2[nH]ncc2c1. The van der Waals surface area contributed by atoms with Gasteiger partial charge in [-0.2, -0.15) is 5.10 Å². The number of nitrogens with one attached hydrogen (secondary N) is 1. The van der Waals surface area contributed by atoms with Crippen molar-refractivity contribution in [2.45, 2.75) is 6.43 Å². The second-order valence-corrected chi connectivity index (χ2v) is 2.52. The summed E-state index contributed by atoms with van der Waals surface area (Å²) in [5, 5.41) is 7.14. The summed E-state index contributed by atoms with van der Waals surface area (Å²) < 4.78 is 24.3. The number of H-pyrrole nitrogens is 1. The van der Waals surface area contributed by atoms with Crippen LogP contribution in [0.4, 0.5) is 8.78 Å². The second kappa shape index (κ2) is 2.55. The summed E-state index contributed by atoms with van der Waals surface area (Å²) in [5.74, 6) is 0. The predicted molar refractivity (Wildman–Crippen MR) is 41.1 cm³/mol. The van der Waals surface area contributed by atoms with Gasteiger partial charge in [-0.25, -0.2) is 8.78 Å². The summed E-state index contributed by atoms with van der Waals surface area (Å²) in [6.45, 7) is 0. The summed E-state index contributed by atoms with van der Waals surface area (Å²) in [7, 11) is 0. The van der Waals surface area contributed by atoms with E-state index in [2.05, 4.69) is 10.2 Å². The largest absolute Gasteiger partial charge is 0.278 e. The van der Waals surface area contributed by atoms with E-state index in [4.69, 9.17) is 0 Å². The minimum Gasteiger partial charge on any atom is -0.278 e. The number of alkyl halides is 2. The minimum absolute atomic E-state index is 0.0314. The highest BCUT2D eigenvalue weighted by Gasteiger charge is 2.07. The molecule has 1 N–H and O–H groups in total. The fourth-order valence-electron chi connectivity index (χ4n) is 1.10. The van der Waals surface area contributed by atoms with E-state index in [1.54, 1.807) is 6.07 Å². The summed E-state index contributed by atoms with van der Waals surface area (Å²) >= 11 is 0. The zero-order chi connectivity index (χ0) is 8.55. The molecule has 0 amide bonds. The summed E-state index contributed by atoms with van der Waals surface area (Å²) in [4.78, 5) is 0. The molecule has 2 nitrogen and oxygen atoms in total. The van der Waals surface area contributed by atoms with Crippen molar-refractivity contribution < 1.29 is 8.78 Å². The molecule has 1 aromatic carbocycles. The van der Waals surface area contributed by atoms with Crippen LogP contribution in [-0.2, 0) is 0 Å². The molecule has 2 rings (SSSR count). The number of aromatic amines is 1. The number of hydrogen-bond donors (Lipinski definition) is 1. The molecule has 0 unspecified atom stereocenters. The topological polar surface area (TPSA) is 28.7 Å². The van der Waals surface area contributed by atoms with Crippen LogP contribution in [-0.4, -0.2) is 10.2 Å². The van der Waals surface area contributed by atoms with Crippen LogP contribution in [0.2, 0.25) is 0 Å². The van der Waals surface area contributed by atoms with Crippen LogP contribution in [0.5, 0.6) is 0 Å². The van der Waals surface area contributed by atoms with E-state index in [-0.39, 0.29) is 5.56 Å². The molecule has 0 atom stereocenters. The van der Waals surface area contributed by atoms with Crippen LogP contribution < -0.4 is 0 Å². The van der Waals surface area contributed by atoms with Gasteiger partial charge in [0.15, 0.2) is 0 Å². The zero-order valence-corrected chi connectivity index (χ0v) is 6.09. The third kappa shape index (κ3) is 1.05. The first kappa shape index (κ1) is 7.21. The molecule has 2 aromatic rings. The Kier molecular flexibility index (Phi) is 1.53. The molecule has 0 fully saturated rings. The Morgan fingerprint density at radius 1 is 1.33 bits per heavy atom. The van der Waals surface area contributed by atoms with Crippen LogP contribution in [0.1, 0.15) is 12.0 Å². The van der Waals surface area contributed by atoms with Crippen molar-refractivity contribution in [1.82, 2.24) is 10.2 Å². The molecule has 0 aliphatic heterocycles. The number of benzene rings is 1. The first-order valence-corrected chi connectivity index (χ1v) is 3.48. The molecule has 4 heteroatoms. The van der Waals surface area contributed by atoms with Gasteiger partial charge in [0.1, 0.15) is 0 Å². The predicted octanol–water partition coefficient (Wildman–Crippen LogP) is 2.50. The van der Waals surface area contributed by atoms with Gasteiger partial charge in [-0.1, -0.05) is 6.07 Å². The number of rotatable bonds is 1. The number of aromatic nitrogens is 2. The zero-order valence-electron chi connectivity index (χ0n) is 6.09. The quantitative estimate of drug-likeness (QED) is 0.696. The van der Waals surface area contributed by atoms with Gasteiger partial charge in [0.05, 0.1) is 11.7 Å². The highest BCUT2D eigenvalue weighted by molar-refractivity contribution is 5.78. The van der Waals surface area contributed by atoms with Gasteiger partial charge in [0.2, 0.25) is 0 Å². The lowest BCUT2D eigenvalue weighted by Crippen LogP contribution is -1.81. The van der Waals surface area contributed by atoms with E-state index in [1.165, 1.54) is 18.3 Å². The van der Waals surface area contributed by atoms with Crippen molar-refractivity contribution in [3.63, 3.8) is 0 Å². The van der Waals surface area contributed by atoms with Gasteiger partial charge in [-0.15, -0.1) is 0 Å². The molecule has 0 aliphatic rings. The lowest BCUT2D eigenvalue weighted by atomic mass is 10.2. The molecular weight excluding hydrogens is 162 g/mol. The van der Waals surface area contributed by atoms with Gasteiger partial charge < -0.3 is 0 Å². The lowest BCUT2D eigenvalue weighted by molar-refractivity contribution is 0.151. The Bertz CT molecular complexity index is 395. The molecule has 0 bridgehead atoms. The van der Waals surface area contributed by atoms with Crippen LogP contribution in [0.15, 0.2) is 24.4 Å². The number of nitrogens with zero attached hydrogens (tertiary/aromatic N) is 1. The minimum atomic E-state index is -2.41. The second-order valence-electron chi connectivity index (χ2n) is 2.52. The maximum atomic E-state index is 12.2. The smallest absolute Gasteiger partial charge is 0.263 e. The standard InChI is InChI=1S/C8H6F2N2/c9-8(10)5-1-2-7-6(3-5)4-11-12-7/h1-4,8H,(H,11,12). The van der Waals surface area contributed by atoms with E-state index in [1.807, 2.05) is 0 Å². The van der Waals surface area contributed by atoms with Crippen molar-refractivity contribution in [2.24, 2.45) is 0 Å². The average Bonchev–Trinajstić information content (AvgIpc) is 2.49. The fraction of sp³-hybridized carbons (Fsp3) is 0.125. The molecule has 0 saturated carbocycles. The number of fused-ring (bicyclic) bond motifs is 1. The Morgan fingerprint density at radius 3 is 2.92 bits per heavy atom. The van der Waals surface area contributed by atoms with E-state index in [9.17, 15) is 8.78 Å². The van der Waals surface area contributed by atoms with E-state index < -0.39 is 6.43 Å². The maximum Gasteiger partial charge on any atom is 0.263 e. The highest BCUT2D eigenvalue weighted by atomic mass is 19.3.